The third-order valence-electron chi connectivity index (χ3n) is 1.58. The molecule has 1 aromatic carbocycles. The summed E-state index contributed by atoms with van der Waals surface area (Å²) in [6.45, 7) is 1.44. The van der Waals surface area contributed by atoms with E-state index in [1.807, 2.05) is 0 Å². The Morgan fingerprint density at radius 1 is 1.31 bits per heavy atom. The van der Waals surface area contributed by atoms with Gasteiger partial charge in [-0.15, -0.1) is 0 Å². The molecule has 0 saturated carbocycles. The highest BCUT2D eigenvalue weighted by atomic mass is 16.5. The van der Waals surface area contributed by atoms with Crippen LogP contribution in [0.3, 0.4) is 0 Å². The molecule has 0 bridgehead atoms. The standard InChI is InChI=1S/C8H11NO2.C3H5NO/c1-10-7-4-3-6(9)5-8(7)11-2;1-3(4)2-5/h3-5H,9H2,1-2H3;2,4H,1H3. The van der Waals surface area contributed by atoms with Crippen LogP contribution in [0.25, 0.3) is 0 Å². The molecule has 0 fully saturated rings. The minimum absolute atomic E-state index is 0.0741. The first-order chi connectivity index (χ1) is 7.54. The van der Waals surface area contributed by atoms with Crippen LogP contribution in [-0.4, -0.2) is 26.2 Å². The second kappa shape index (κ2) is 7.28. The molecule has 5 nitrogen and oxygen atoms in total. The van der Waals surface area contributed by atoms with Crippen molar-refractivity contribution in [1.82, 2.24) is 0 Å². The predicted molar refractivity (Wildman–Crippen MR) is 63.4 cm³/mol. The smallest absolute Gasteiger partial charge is 0.163 e. The molecular weight excluding hydrogens is 208 g/mol. The van der Waals surface area contributed by atoms with Crippen LogP contribution >= 0.6 is 0 Å². The molecule has 3 N–H and O–H groups in total. The summed E-state index contributed by atoms with van der Waals surface area (Å²) in [5.74, 6) is 1.36. The zero-order chi connectivity index (χ0) is 12.6. The Morgan fingerprint density at radius 2 is 1.81 bits per heavy atom. The molecule has 0 unspecified atom stereocenters. The highest BCUT2D eigenvalue weighted by Crippen LogP contribution is 2.28. The van der Waals surface area contributed by atoms with Gasteiger partial charge in [0.05, 0.1) is 19.9 Å². The first kappa shape index (κ1) is 14.0. The number of aldehydes is 1. The quantitative estimate of drug-likeness (QED) is 0.463. The van der Waals surface area contributed by atoms with Gasteiger partial charge in [0.25, 0.3) is 0 Å². The molecule has 0 spiro atoms. The van der Waals surface area contributed by atoms with Gasteiger partial charge in [0.15, 0.2) is 17.8 Å². The highest BCUT2D eigenvalue weighted by Gasteiger charge is 2.00. The number of nitrogen functional groups attached to an aromatic ring is 1. The number of rotatable bonds is 3. The lowest BCUT2D eigenvalue weighted by Gasteiger charge is -2.06. The van der Waals surface area contributed by atoms with Crippen LogP contribution in [0.4, 0.5) is 5.69 Å². The van der Waals surface area contributed by atoms with Crippen LogP contribution in [0, 0.1) is 5.41 Å². The Kier molecular flexibility index (Phi) is 6.35. The number of anilines is 1. The lowest BCUT2D eigenvalue weighted by atomic mass is 10.3. The van der Waals surface area contributed by atoms with Crippen molar-refractivity contribution in [1.29, 1.82) is 5.41 Å². The van der Waals surface area contributed by atoms with E-state index in [1.54, 1.807) is 32.4 Å². The van der Waals surface area contributed by atoms with E-state index in [2.05, 4.69) is 0 Å². The molecule has 0 aromatic heterocycles. The Balaban J connectivity index is 0.000000385. The van der Waals surface area contributed by atoms with Gasteiger partial charge in [-0.1, -0.05) is 0 Å². The first-order valence-corrected chi connectivity index (χ1v) is 4.53. The topological polar surface area (TPSA) is 85.4 Å². The van der Waals surface area contributed by atoms with Gasteiger partial charge >= 0.3 is 0 Å². The van der Waals surface area contributed by atoms with E-state index in [9.17, 15) is 4.79 Å². The second-order valence-electron chi connectivity index (χ2n) is 2.92. The van der Waals surface area contributed by atoms with Gasteiger partial charge < -0.3 is 20.6 Å². The van der Waals surface area contributed by atoms with E-state index in [4.69, 9.17) is 20.6 Å². The van der Waals surface area contributed by atoms with Crippen LogP contribution in [-0.2, 0) is 4.79 Å². The number of carbonyl (C=O) groups excluding carboxylic acids is 1. The number of hydrogen-bond donors (Lipinski definition) is 2. The summed E-state index contributed by atoms with van der Waals surface area (Å²) in [6, 6.07) is 5.26. The van der Waals surface area contributed by atoms with Crippen molar-refractivity contribution in [3.63, 3.8) is 0 Å². The molecule has 0 amide bonds. The van der Waals surface area contributed by atoms with Crippen LogP contribution < -0.4 is 15.2 Å². The SMILES string of the molecule is CC(=N)C=O.COc1ccc(N)cc1OC. The Bertz CT molecular complexity index is 364. The molecule has 0 heterocycles. The maximum absolute atomic E-state index is 9.28. The van der Waals surface area contributed by atoms with E-state index in [-0.39, 0.29) is 5.71 Å². The number of carbonyl (C=O) groups is 1. The van der Waals surface area contributed by atoms with Crippen molar-refractivity contribution in [2.45, 2.75) is 6.92 Å². The van der Waals surface area contributed by atoms with E-state index >= 15 is 0 Å². The van der Waals surface area contributed by atoms with Gasteiger partial charge in [0.2, 0.25) is 0 Å². The fourth-order valence-electron chi connectivity index (χ4n) is 0.853. The van der Waals surface area contributed by atoms with E-state index in [0.29, 0.717) is 23.5 Å². The second-order valence-corrected chi connectivity index (χ2v) is 2.92. The molecule has 0 aliphatic heterocycles. The Labute approximate surface area is 94.7 Å². The predicted octanol–water partition coefficient (Wildman–Crippen LogP) is 1.51. The monoisotopic (exact) mass is 224 g/mol. The molecule has 1 aromatic rings. The van der Waals surface area contributed by atoms with Crippen LogP contribution in [0.1, 0.15) is 6.92 Å². The van der Waals surface area contributed by atoms with Gasteiger partial charge in [0, 0.05) is 11.8 Å². The maximum atomic E-state index is 9.28. The fraction of sp³-hybridized carbons (Fsp3) is 0.273. The van der Waals surface area contributed by atoms with Gasteiger partial charge in [-0.05, 0) is 19.1 Å². The molecule has 0 saturated heterocycles. The first-order valence-electron chi connectivity index (χ1n) is 4.53. The fourth-order valence-corrected chi connectivity index (χ4v) is 0.853. The van der Waals surface area contributed by atoms with Crippen molar-refractivity contribution in [2.75, 3.05) is 20.0 Å². The molecule has 16 heavy (non-hydrogen) atoms. The van der Waals surface area contributed by atoms with Gasteiger partial charge in [-0.3, -0.25) is 4.79 Å². The minimum Gasteiger partial charge on any atom is -0.493 e. The number of ether oxygens (including phenoxy) is 2. The summed E-state index contributed by atoms with van der Waals surface area (Å²) < 4.78 is 10.0. The summed E-state index contributed by atoms with van der Waals surface area (Å²) in [7, 11) is 3.17. The zero-order valence-electron chi connectivity index (χ0n) is 9.61. The molecule has 0 atom stereocenters. The average molecular weight is 224 g/mol. The molecular formula is C11H16N2O3. The molecule has 0 radical (unpaired) electrons. The number of hydrogen-bond acceptors (Lipinski definition) is 5. The molecule has 88 valence electrons. The molecule has 0 aliphatic carbocycles. The molecule has 1 rings (SSSR count). The lowest BCUT2D eigenvalue weighted by Crippen LogP contribution is -1.92. The van der Waals surface area contributed by atoms with Crippen molar-refractivity contribution in [3.8, 4) is 11.5 Å². The number of nitrogens with one attached hydrogen (secondary N) is 1. The highest BCUT2D eigenvalue weighted by molar-refractivity contribution is 6.25. The molecule has 5 heteroatoms. The normalized spacial score (nSPS) is 8.44. The van der Waals surface area contributed by atoms with Crippen molar-refractivity contribution < 1.29 is 14.3 Å². The van der Waals surface area contributed by atoms with Gasteiger partial charge in [0.1, 0.15) is 0 Å². The third kappa shape index (κ3) is 4.99. The van der Waals surface area contributed by atoms with Crippen LogP contribution in [0.15, 0.2) is 18.2 Å². The van der Waals surface area contributed by atoms with Crippen LogP contribution in [0.2, 0.25) is 0 Å². The lowest BCUT2D eigenvalue weighted by molar-refractivity contribution is -0.102. The number of methoxy groups -OCH3 is 2. The van der Waals surface area contributed by atoms with Gasteiger partial charge in [-0.2, -0.15) is 0 Å². The summed E-state index contributed by atoms with van der Waals surface area (Å²) in [5.41, 5.74) is 6.27. The summed E-state index contributed by atoms with van der Waals surface area (Å²) >= 11 is 0. The van der Waals surface area contributed by atoms with E-state index < -0.39 is 0 Å². The largest absolute Gasteiger partial charge is 0.493 e. The summed E-state index contributed by atoms with van der Waals surface area (Å²) in [6.07, 6.45) is 0.500. The maximum Gasteiger partial charge on any atom is 0.163 e. The number of nitrogens with two attached hydrogens (primary N) is 1. The van der Waals surface area contributed by atoms with E-state index in [0.717, 1.165) is 0 Å². The van der Waals surface area contributed by atoms with Crippen molar-refractivity contribution >= 4 is 17.7 Å². The zero-order valence-corrected chi connectivity index (χ0v) is 9.61. The summed E-state index contributed by atoms with van der Waals surface area (Å²) in [5, 5.41) is 6.38. The van der Waals surface area contributed by atoms with E-state index in [1.165, 1.54) is 6.92 Å². The molecule has 0 aliphatic rings. The Hall–Kier alpha value is -2.04. The third-order valence-corrected chi connectivity index (χ3v) is 1.58. The Morgan fingerprint density at radius 3 is 2.19 bits per heavy atom. The van der Waals surface area contributed by atoms with Crippen molar-refractivity contribution in [3.05, 3.63) is 18.2 Å². The summed E-state index contributed by atoms with van der Waals surface area (Å²) in [4.78, 5) is 9.28. The number of benzene rings is 1. The average Bonchev–Trinajstić information content (AvgIpc) is 2.29. The van der Waals surface area contributed by atoms with Crippen LogP contribution in [0.5, 0.6) is 11.5 Å². The van der Waals surface area contributed by atoms with Crippen molar-refractivity contribution in [2.24, 2.45) is 0 Å². The minimum atomic E-state index is 0.0741. The van der Waals surface area contributed by atoms with Gasteiger partial charge in [-0.25, -0.2) is 0 Å².